The number of amides is 1. The maximum absolute atomic E-state index is 10.7. The molecular weight excluding hydrogens is 166 g/mol. The van der Waals surface area contributed by atoms with Crippen molar-refractivity contribution in [2.75, 3.05) is 0 Å². The number of carbonyl (C=O) groups is 1. The van der Waals surface area contributed by atoms with Gasteiger partial charge in [-0.05, 0) is 6.42 Å². The molecule has 4 nitrogen and oxygen atoms in total. The van der Waals surface area contributed by atoms with Gasteiger partial charge in [-0.2, -0.15) is 0 Å². The third-order valence-corrected chi connectivity index (χ3v) is 1.89. The first-order chi connectivity index (χ1) is 5.89. The maximum atomic E-state index is 10.7. The molecule has 0 saturated carbocycles. The van der Waals surface area contributed by atoms with Crippen LogP contribution in [0.1, 0.15) is 32.6 Å². The highest BCUT2D eigenvalue weighted by Gasteiger charge is 2.21. The fourth-order valence-corrected chi connectivity index (χ4v) is 1.08. The highest BCUT2D eigenvalue weighted by Crippen LogP contribution is 2.13. The van der Waals surface area contributed by atoms with Gasteiger partial charge in [-0.15, -0.1) is 0 Å². The molecule has 0 aliphatic rings. The van der Waals surface area contributed by atoms with Gasteiger partial charge in [0.2, 0.25) is 5.91 Å². The summed E-state index contributed by atoms with van der Waals surface area (Å²) in [5.74, 6) is -0.531. The van der Waals surface area contributed by atoms with Gasteiger partial charge >= 0.3 is 0 Å². The first kappa shape index (κ1) is 12.1. The molecule has 1 amide bonds. The van der Waals surface area contributed by atoms with E-state index in [1.165, 1.54) is 0 Å². The molecule has 0 fully saturated rings. The van der Waals surface area contributed by atoms with E-state index in [0.717, 1.165) is 12.8 Å². The third-order valence-electron chi connectivity index (χ3n) is 1.89. The summed E-state index contributed by atoms with van der Waals surface area (Å²) in [6, 6.07) is 0. The molecule has 13 heavy (non-hydrogen) atoms. The van der Waals surface area contributed by atoms with Crippen LogP contribution >= 0.6 is 0 Å². The van der Waals surface area contributed by atoms with Crippen molar-refractivity contribution in [3.63, 3.8) is 0 Å². The Hall–Kier alpha value is -0.870. The molecule has 0 aliphatic carbocycles. The third kappa shape index (κ3) is 5.38. The van der Waals surface area contributed by atoms with Gasteiger partial charge in [-0.3, -0.25) is 4.79 Å². The van der Waals surface area contributed by atoms with E-state index < -0.39 is 11.6 Å². The summed E-state index contributed by atoms with van der Waals surface area (Å²) >= 11 is 0. The number of rotatable bonds is 6. The summed E-state index contributed by atoms with van der Waals surface area (Å²) in [7, 11) is 0. The summed E-state index contributed by atoms with van der Waals surface area (Å²) in [4.78, 5) is 10.7. The minimum Gasteiger partial charge on any atom is -0.366 e. The van der Waals surface area contributed by atoms with Gasteiger partial charge < -0.3 is 17.2 Å². The zero-order chi connectivity index (χ0) is 10.5. The zero-order valence-corrected chi connectivity index (χ0v) is 8.18. The second kappa shape index (κ2) is 4.99. The van der Waals surface area contributed by atoms with Crippen molar-refractivity contribution in [3.8, 4) is 0 Å². The van der Waals surface area contributed by atoms with Crippen LogP contribution in [0.3, 0.4) is 0 Å². The smallest absolute Gasteiger partial charge is 0.244 e. The Morgan fingerprint density at radius 3 is 2.38 bits per heavy atom. The largest absolute Gasteiger partial charge is 0.366 e. The first-order valence-electron chi connectivity index (χ1n) is 4.44. The second-order valence-corrected chi connectivity index (χ2v) is 3.48. The van der Waals surface area contributed by atoms with Gasteiger partial charge in [-0.25, -0.2) is 0 Å². The topological polar surface area (TPSA) is 95.1 Å². The lowest BCUT2D eigenvalue weighted by Crippen LogP contribution is -2.50. The number of carbonyl (C=O) groups excluding carboxylic acids is 1. The number of hydrogen-bond donors (Lipinski definition) is 3. The summed E-state index contributed by atoms with van der Waals surface area (Å²) in [5, 5.41) is 0. The highest BCUT2D eigenvalue weighted by atomic mass is 16.1. The van der Waals surface area contributed by atoms with Gasteiger partial charge in [-0.1, -0.05) is 26.3 Å². The minimum atomic E-state index is -0.845. The fraction of sp³-hybridized carbons (Fsp3) is 0.667. The Morgan fingerprint density at radius 1 is 1.46 bits per heavy atom. The summed E-state index contributed by atoms with van der Waals surface area (Å²) < 4.78 is 0. The average Bonchev–Trinajstić information content (AvgIpc) is 2.00. The lowest BCUT2D eigenvalue weighted by molar-refractivity contribution is -0.114. The zero-order valence-electron chi connectivity index (χ0n) is 8.18. The van der Waals surface area contributed by atoms with Crippen LogP contribution in [0.25, 0.3) is 0 Å². The molecule has 0 bridgehead atoms. The molecule has 4 heteroatoms. The van der Waals surface area contributed by atoms with Crippen molar-refractivity contribution < 1.29 is 4.79 Å². The van der Waals surface area contributed by atoms with E-state index in [1.807, 2.05) is 0 Å². The van der Waals surface area contributed by atoms with Crippen LogP contribution in [-0.4, -0.2) is 11.6 Å². The first-order valence-corrected chi connectivity index (χ1v) is 4.44. The van der Waals surface area contributed by atoms with Crippen molar-refractivity contribution in [3.05, 3.63) is 12.2 Å². The average molecular weight is 185 g/mol. The van der Waals surface area contributed by atoms with Gasteiger partial charge in [0.25, 0.3) is 0 Å². The molecule has 6 N–H and O–H groups in total. The fourth-order valence-electron chi connectivity index (χ4n) is 1.08. The molecule has 0 saturated heterocycles. The minimum absolute atomic E-state index is 0.266. The molecule has 0 atom stereocenters. The van der Waals surface area contributed by atoms with E-state index in [0.29, 0.717) is 12.0 Å². The summed E-state index contributed by atoms with van der Waals surface area (Å²) in [5.41, 5.74) is 16.0. The molecule has 0 radical (unpaired) electrons. The normalized spacial score (nSPS) is 11.3. The Labute approximate surface area is 79.2 Å². The van der Waals surface area contributed by atoms with Crippen LogP contribution in [0.5, 0.6) is 0 Å². The molecule has 0 unspecified atom stereocenters. The quantitative estimate of drug-likeness (QED) is 0.408. The number of hydrogen-bond acceptors (Lipinski definition) is 3. The van der Waals surface area contributed by atoms with Gasteiger partial charge in [0.1, 0.15) is 0 Å². The van der Waals surface area contributed by atoms with E-state index in [1.54, 1.807) is 0 Å². The SMILES string of the molecule is C=C(CC(N)(N)CCCC)C(N)=O. The van der Waals surface area contributed by atoms with Gasteiger partial charge in [0, 0.05) is 12.0 Å². The Bertz CT molecular complexity index is 199. The van der Waals surface area contributed by atoms with Crippen molar-refractivity contribution in [1.29, 1.82) is 0 Å². The van der Waals surface area contributed by atoms with Crippen molar-refractivity contribution in [1.82, 2.24) is 0 Å². The van der Waals surface area contributed by atoms with Crippen LogP contribution < -0.4 is 17.2 Å². The van der Waals surface area contributed by atoms with E-state index in [2.05, 4.69) is 13.5 Å². The standard InChI is InChI=1S/C9H19N3O/c1-3-4-5-9(11,12)6-7(2)8(10)13/h2-6,11-12H2,1H3,(H2,10,13). The van der Waals surface area contributed by atoms with Crippen molar-refractivity contribution in [2.24, 2.45) is 17.2 Å². The summed E-state index contributed by atoms with van der Waals surface area (Å²) in [6.45, 7) is 5.57. The Kier molecular flexibility index (Phi) is 4.66. The molecule has 0 aliphatic heterocycles. The molecule has 76 valence electrons. The van der Waals surface area contributed by atoms with Gasteiger partial charge in [0.05, 0.1) is 5.66 Å². The molecule has 0 rings (SSSR count). The van der Waals surface area contributed by atoms with Crippen LogP contribution in [0, 0.1) is 0 Å². The van der Waals surface area contributed by atoms with Crippen LogP contribution in [0.15, 0.2) is 12.2 Å². The predicted molar refractivity (Wildman–Crippen MR) is 53.6 cm³/mol. The monoisotopic (exact) mass is 185 g/mol. The molecule has 0 heterocycles. The van der Waals surface area contributed by atoms with Crippen molar-refractivity contribution in [2.45, 2.75) is 38.3 Å². The molecule has 0 aromatic rings. The Balaban J connectivity index is 4.00. The number of nitrogens with two attached hydrogens (primary N) is 3. The number of unbranched alkanes of at least 4 members (excludes halogenated alkanes) is 1. The predicted octanol–water partition coefficient (Wildman–Crippen LogP) is 0.222. The van der Waals surface area contributed by atoms with E-state index >= 15 is 0 Å². The second-order valence-electron chi connectivity index (χ2n) is 3.48. The molecule has 0 aromatic heterocycles. The van der Waals surface area contributed by atoms with E-state index in [-0.39, 0.29) is 6.42 Å². The van der Waals surface area contributed by atoms with E-state index in [4.69, 9.17) is 17.2 Å². The molecular formula is C9H19N3O. The van der Waals surface area contributed by atoms with Crippen LogP contribution in [-0.2, 0) is 4.79 Å². The van der Waals surface area contributed by atoms with Crippen molar-refractivity contribution >= 4 is 5.91 Å². The summed E-state index contributed by atoms with van der Waals surface area (Å²) in [6.07, 6.45) is 2.91. The lowest BCUT2D eigenvalue weighted by atomic mass is 9.96. The van der Waals surface area contributed by atoms with Gasteiger partial charge in [0.15, 0.2) is 0 Å². The lowest BCUT2D eigenvalue weighted by Gasteiger charge is -2.24. The van der Waals surface area contributed by atoms with E-state index in [9.17, 15) is 4.79 Å². The molecule has 0 aromatic carbocycles. The number of primary amides is 1. The maximum Gasteiger partial charge on any atom is 0.244 e. The van der Waals surface area contributed by atoms with Crippen LogP contribution in [0.4, 0.5) is 0 Å². The molecule has 0 spiro atoms. The van der Waals surface area contributed by atoms with Crippen LogP contribution in [0.2, 0.25) is 0 Å². The Morgan fingerprint density at radius 2 is 2.00 bits per heavy atom. The highest BCUT2D eigenvalue weighted by molar-refractivity contribution is 5.91.